The molecule has 0 heterocycles. The number of benzene rings is 1. The summed E-state index contributed by atoms with van der Waals surface area (Å²) in [4.78, 5) is 11.9. The first kappa shape index (κ1) is 15.6. The van der Waals surface area contributed by atoms with Gasteiger partial charge in [0.1, 0.15) is 0 Å². The first-order chi connectivity index (χ1) is 8.74. The second-order valence-corrected chi connectivity index (χ2v) is 6.36. The van der Waals surface area contributed by atoms with Gasteiger partial charge in [-0.3, -0.25) is 0 Å². The Morgan fingerprint density at radius 2 is 2.00 bits per heavy atom. The Morgan fingerprint density at radius 3 is 2.53 bits per heavy atom. The highest BCUT2D eigenvalue weighted by molar-refractivity contribution is 7.89. The lowest BCUT2D eigenvalue weighted by Gasteiger charge is -2.12. The van der Waals surface area contributed by atoms with E-state index >= 15 is 0 Å². The molecule has 6 nitrogen and oxygen atoms in total. The molecule has 0 saturated heterocycles. The van der Waals surface area contributed by atoms with Crippen LogP contribution in [-0.2, 0) is 10.0 Å². The molecule has 0 aliphatic heterocycles. The molecule has 0 unspecified atom stereocenters. The Hall–Kier alpha value is -1.44. The van der Waals surface area contributed by atoms with Crippen molar-refractivity contribution in [1.82, 2.24) is 4.72 Å². The average Bonchev–Trinajstić information content (AvgIpc) is 2.28. The summed E-state index contributed by atoms with van der Waals surface area (Å²) in [7, 11) is 0.129. The Labute approximate surface area is 113 Å². The number of aromatic carboxylic acids is 1. The fourth-order valence-electron chi connectivity index (χ4n) is 1.53. The molecule has 0 bridgehead atoms. The molecule has 0 spiro atoms. The van der Waals surface area contributed by atoms with Crippen molar-refractivity contribution in [1.29, 1.82) is 0 Å². The van der Waals surface area contributed by atoms with Crippen molar-refractivity contribution in [3.05, 3.63) is 29.3 Å². The van der Waals surface area contributed by atoms with Gasteiger partial charge in [0.2, 0.25) is 10.0 Å². The lowest BCUT2D eigenvalue weighted by molar-refractivity contribution is -0.856. The molecule has 106 valence electrons. The number of nitrogens with one attached hydrogen (secondary N) is 2. The summed E-state index contributed by atoms with van der Waals surface area (Å²) in [5.41, 5.74) is 0.346. The van der Waals surface area contributed by atoms with Gasteiger partial charge >= 0.3 is 0 Å². The molecule has 0 fully saturated rings. The van der Waals surface area contributed by atoms with Gasteiger partial charge in [-0.05, 0) is 24.1 Å². The molecule has 1 aromatic carbocycles. The summed E-state index contributed by atoms with van der Waals surface area (Å²) in [6, 6.07) is 3.90. The number of rotatable bonds is 6. The third-order valence-electron chi connectivity index (χ3n) is 2.63. The zero-order valence-electron chi connectivity index (χ0n) is 11.2. The van der Waals surface area contributed by atoms with Gasteiger partial charge in [0, 0.05) is 0 Å². The molecular weight excluding hydrogens is 268 g/mol. The normalized spacial score (nSPS) is 11.8. The third-order valence-corrected chi connectivity index (χ3v) is 4.23. The number of carbonyl (C=O) groups excluding carboxylic acids is 1. The van der Waals surface area contributed by atoms with Crippen LogP contribution in [0, 0.1) is 6.92 Å². The Balaban J connectivity index is 3.00. The van der Waals surface area contributed by atoms with Gasteiger partial charge in [-0.2, -0.15) is 0 Å². The number of aryl methyl sites for hydroxylation is 1. The predicted molar refractivity (Wildman–Crippen MR) is 68.4 cm³/mol. The van der Waals surface area contributed by atoms with Crippen LogP contribution in [0.2, 0.25) is 0 Å². The van der Waals surface area contributed by atoms with E-state index in [0.717, 1.165) is 11.0 Å². The fourth-order valence-corrected chi connectivity index (χ4v) is 2.83. The Kier molecular flexibility index (Phi) is 5.04. The van der Waals surface area contributed by atoms with Crippen molar-refractivity contribution >= 4 is 16.0 Å². The van der Waals surface area contributed by atoms with Gasteiger partial charge in [-0.25, -0.2) is 13.1 Å². The van der Waals surface area contributed by atoms with E-state index in [4.69, 9.17) is 0 Å². The number of hydrogen-bond acceptors (Lipinski definition) is 4. The molecule has 0 aliphatic rings. The number of quaternary nitrogens is 1. The SMILES string of the molecule is Cc1ccc(C(=O)[O-])cc1S(=O)(=O)NCC[NH+](C)C. The van der Waals surface area contributed by atoms with E-state index in [1.165, 1.54) is 12.1 Å². The minimum absolute atomic E-state index is 0.0250. The average molecular weight is 286 g/mol. The van der Waals surface area contributed by atoms with Gasteiger partial charge in [0.25, 0.3) is 0 Å². The van der Waals surface area contributed by atoms with E-state index in [9.17, 15) is 18.3 Å². The van der Waals surface area contributed by atoms with Crippen molar-refractivity contribution in [3.63, 3.8) is 0 Å². The van der Waals surface area contributed by atoms with Crippen LogP contribution < -0.4 is 14.7 Å². The van der Waals surface area contributed by atoms with Crippen LogP contribution in [0.1, 0.15) is 15.9 Å². The molecule has 0 radical (unpaired) electrons. The summed E-state index contributed by atoms with van der Waals surface area (Å²) in [6.07, 6.45) is 0. The molecule has 0 aliphatic carbocycles. The molecule has 1 aromatic rings. The van der Waals surface area contributed by atoms with Crippen molar-refractivity contribution in [2.24, 2.45) is 0 Å². The molecule has 7 heteroatoms. The highest BCUT2D eigenvalue weighted by atomic mass is 32.2. The molecule has 0 saturated carbocycles. The van der Waals surface area contributed by atoms with Gasteiger partial charge in [0.05, 0.1) is 38.0 Å². The first-order valence-electron chi connectivity index (χ1n) is 5.84. The second-order valence-electron chi connectivity index (χ2n) is 4.62. The van der Waals surface area contributed by atoms with Crippen LogP contribution in [0.25, 0.3) is 0 Å². The predicted octanol–water partition coefficient (Wildman–Crippen LogP) is -2.22. The smallest absolute Gasteiger partial charge is 0.241 e. The third kappa shape index (κ3) is 4.30. The number of hydrogen-bond donors (Lipinski definition) is 2. The van der Waals surface area contributed by atoms with E-state index < -0.39 is 16.0 Å². The second kappa shape index (κ2) is 6.14. The van der Waals surface area contributed by atoms with E-state index in [-0.39, 0.29) is 10.5 Å². The molecule has 19 heavy (non-hydrogen) atoms. The Morgan fingerprint density at radius 1 is 1.37 bits per heavy atom. The number of carboxylic acids is 1. The molecular formula is C12H18N2O4S. The molecule has 1 rings (SSSR count). The summed E-state index contributed by atoms with van der Waals surface area (Å²) < 4.78 is 26.6. The summed E-state index contributed by atoms with van der Waals surface area (Å²) >= 11 is 0. The summed E-state index contributed by atoms with van der Waals surface area (Å²) in [5, 5.41) is 10.8. The summed E-state index contributed by atoms with van der Waals surface area (Å²) in [5.74, 6) is -1.39. The maximum Gasteiger partial charge on any atom is 0.241 e. The number of carbonyl (C=O) groups is 1. The van der Waals surface area contributed by atoms with Gasteiger partial charge in [-0.15, -0.1) is 0 Å². The maximum atomic E-state index is 12.1. The summed E-state index contributed by atoms with van der Waals surface area (Å²) in [6.45, 7) is 2.54. The highest BCUT2D eigenvalue weighted by Gasteiger charge is 2.17. The van der Waals surface area contributed by atoms with Crippen molar-refractivity contribution in [2.75, 3.05) is 27.2 Å². The van der Waals surface area contributed by atoms with E-state index in [0.29, 0.717) is 18.7 Å². The number of carboxylic acid groups (broad SMARTS) is 1. The minimum atomic E-state index is -3.70. The van der Waals surface area contributed by atoms with E-state index in [1.807, 2.05) is 14.1 Å². The molecule has 0 amide bonds. The standard InChI is InChI=1S/C12H18N2O4S/c1-9-4-5-10(12(15)16)8-11(9)19(17,18)13-6-7-14(2)3/h4-5,8,13H,6-7H2,1-3H3,(H,15,16). The van der Waals surface area contributed by atoms with Crippen molar-refractivity contribution < 1.29 is 23.2 Å². The van der Waals surface area contributed by atoms with E-state index in [1.54, 1.807) is 6.92 Å². The van der Waals surface area contributed by atoms with Crippen LogP contribution >= 0.6 is 0 Å². The lowest BCUT2D eigenvalue weighted by Crippen LogP contribution is -3.06. The number of likely N-dealkylation sites (N-methyl/N-ethyl adjacent to an activating group) is 1. The van der Waals surface area contributed by atoms with Crippen molar-refractivity contribution in [3.8, 4) is 0 Å². The molecule has 0 aromatic heterocycles. The van der Waals surface area contributed by atoms with Crippen LogP contribution in [0.15, 0.2) is 23.1 Å². The quantitative estimate of drug-likeness (QED) is 0.620. The van der Waals surface area contributed by atoms with Crippen LogP contribution in [0.4, 0.5) is 0 Å². The van der Waals surface area contributed by atoms with Gasteiger partial charge in [0.15, 0.2) is 0 Å². The maximum absolute atomic E-state index is 12.1. The fraction of sp³-hybridized carbons (Fsp3) is 0.417. The lowest BCUT2D eigenvalue weighted by atomic mass is 10.1. The monoisotopic (exact) mass is 286 g/mol. The number of sulfonamides is 1. The van der Waals surface area contributed by atoms with Crippen LogP contribution in [0.5, 0.6) is 0 Å². The molecule has 2 N–H and O–H groups in total. The zero-order valence-corrected chi connectivity index (χ0v) is 12.0. The van der Waals surface area contributed by atoms with Gasteiger partial charge < -0.3 is 14.8 Å². The topological polar surface area (TPSA) is 90.7 Å². The van der Waals surface area contributed by atoms with Crippen molar-refractivity contribution in [2.45, 2.75) is 11.8 Å². The van der Waals surface area contributed by atoms with E-state index in [2.05, 4.69) is 4.72 Å². The minimum Gasteiger partial charge on any atom is -0.545 e. The van der Waals surface area contributed by atoms with Gasteiger partial charge in [-0.1, -0.05) is 12.1 Å². The zero-order chi connectivity index (χ0) is 14.6. The van der Waals surface area contributed by atoms with Crippen LogP contribution in [0.3, 0.4) is 0 Å². The highest BCUT2D eigenvalue weighted by Crippen LogP contribution is 2.16. The largest absolute Gasteiger partial charge is 0.545 e. The first-order valence-corrected chi connectivity index (χ1v) is 7.33. The Bertz CT molecular complexity index is 567. The van der Waals surface area contributed by atoms with Crippen LogP contribution in [-0.4, -0.2) is 41.6 Å². The molecule has 0 atom stereocenters.